The van der Waals surface area contributed by atoms with Crippen LogP contribution in [-0.2, 0) is 16.1 Å². The third kappa shape index (κ3) is 8.30. The number of hydrogen-bond donors (Lipinski definition) is 1. The SMILES string of the molecule is CC(C)(C)OC(=O)NCCCN1CCN(C(=O)OCc2ccccc2)CC1. The summed E-state index contributed by atoms with van der Waals surface area (Å²) in [5, 5.41) is 2.77. The minimum atomic E-state index is -0.477. The van der Waals surface area contributed by atoms with Crippen LogP contribution in [0, 0.1) is 0 Å². The van der Waals surface area contributed by atoms with Gasteiger partial charge in [0.05, 0.1) is 0 Å². The van der Waals surface area contributed by atoms with Crippen LogP contribution >= 0.6 is 0 Å². The molecule has 0 aromatic heterocycles. The second kappa shape index (κ2) is 10.2. The zero-order valence-corrected chi connectivity index (χ0v) is 16.6. The summed E-state index contributed by atoms with van der Waals surface area (Å²) >= 11 is 0. The molecule has 1 fully saturated rings. The Kier molecular flexibility index (Phi) is 7.91. The number of benzene rings is 1. The first-order chi connectivity index (χ1) is 12.8. The highest BCUT2D eigenvalue weighted by Crippen LogP contribution is 2.08. The normalized spacial score (nSPS) is 15.3. The van der Waals surface area contributed by atoms with Crippen molar-refractivity contribution < 1.29 is 19.1 Å². The summed E-state index contributed by atoms with van der Waals surface area (Å²) in [6, 6.07) is 9.68. The minimum Gasteiger partial charge on any atom is -0.445 e. The van der Waals surface area contributed by atoms with Crippen molar-refractivity contribution in [2.45, 2.75) is 39.4 Å². The number of ether oxygens (including phenoxy) is 2. The van der Waals surface area contributed by atoms with Gasteiger partial charge in [-0.05, 0) is 39.3 Å². The predicted octanol–water partition coefficient (Wildman–Crippen LogP) is 2.86. The van der Waals surface area contributed by atoms with E-state index in [0.29, 0.717) is 26.2 Å². The van der Waals surface area contributed by atoms with Crippen LogP contribution in [0.15, 0.2) is 30.3 Å². The van der Waals surface area contributed by atoms with Crippen molar-refractivity contribution in [3.05, 3.63) is 35.9 Å². The molecule has 0 aliphatic carbocycles. The van der Waals surface area contributed by atoms with E-state index in [4.69, 9.17) is 9.47 Å². The molecule has 2 amide bonds. The average Bonchev–Trinajstić information content (AvgIpc) is 2.63. The Morgan fingerprint density at radius 3 is 2.37 bits per heavy atom. The smallest absolute Gasteiger partial charge is 0.410 e. The zero-order valence-electron chi connectivity index (χ0n) is 16.6. The Morgan fingerprint density at radius 2 is 1.74 bits per heavy atom. The van der Waals surface area contributed by atoms with Gasteiger partial charge in [-0.2, -0.15) is 0 Å². The molecule has 2 rings (SSSR count). The van der Waals surface area contributed by atoms with E-state index in [-0.39, 0.29) is 12.2 Å². The molecule has 0 unspecified atom stereocenters. The number of amides is 2. The van der Waals surface area contributed by atoms with E-state index in [1.54, 1.807) is 4.90 Å². The Hall–Kier alpha value is -2.28. The van der Waals surface area contributed by atoms with Crippen molar-refractivity contribution >= 4 is 12.2 Å². The first kappa shape index (κ1) is 21.0. The molecule has 1 saturated heterocycles. The van der Waals surface area contributed by atoms with Crippen LogP contribution in [0.1, 0.15) is 32.8 Å². The summed E-state index contributed by atoms with van der Waals surface area (Å²) < 4.78 is 10.6. The van der Waals surface area contributed by atoms with E-state index >= 15 is 0 Å². The molecule has 1 aromatic rings. The molecule has 150 valence electrons. The van der Waals surface area contributed by atoms with Crippen LogP contribution in [0.2, 0.25) is 0 Å². The van der Waals surface area contributed by atoms with Gasteiger partial charge in [0.2, 0.25) is 0 Å². The molecule has 27 heavy (non-hydrogen) atoms. The highest BCUT2D eigenvalue weighted by molar-refractivity contribution is 5.68. The van der Waals surface area contributed by atoms with E-state index in [1.807, 2.05) is 51.1 Å². The summed E-state index contributed by atoms with van der Waals surface area (Å²) in [5.74, 6) is 0. The van der Waals surface area contributed by atoms with Crippen molar-refractivity contribution in [2.75, 3.05) is 39.3 Å². The van der Waals surface area contributed by atoms with Gasteiger partial charge >= 0.3 is 12.2 Å². The van der Waals surface area contributed by atoms with Crippen molar-refractivity contribution in [1.82, 2.24) is 15.1 Å². The maximum atomic E-state index is 12.2. The number of rotatable bonds is 6. The van der Waals surface area contributed by atoms with E-state index in [2.05, 4.69) is 10.2 Å². The lowest BCUT2D eigenvalue weighted by molar-refractivity contribution is 0.0519. The summed E-state index contributed by atoms with van der Waals surface area (Å²) in [7, 11) is 0. The molecule has 0 bridgehead atoms. The first-order valence-corrected chi connectivity index (χ1v) is 9.48. The lowest BCUT2D eigenvalue weighted by atomic mass is 10.2. The Balaban J connectivity index is 1.57. The van der Waals surface area contributed by atoms with Crippen LogP contribution in [0.4, 0.5) is 9.59 Å². The van der Waals surface area contributed by atoms with Gasteiger partial charge in [0.15, 0.2) is 0 Å². The fourth-order valence-corrected chi connectivity index (χ4v) is 2.77. The molecule has 1 aliphatic rings. The Bertz CT molecular complexity index is 593. The maximum Gasteiger partial charge on any atom is 0.410 e. The van der Waals surface area contributed by atoms with Crippen LogP contribution in [0.3, 0.4) is 0 Å². The zero-order chi connectivity index (χ0) is 19.7. The monoisotopic (exact) mass is 377 g/mol. The molecule has 1 aromatic carbocycles. The quantitative estimate of drug-likeness (QED) is 0.772. The predicted molar refractivity (Wildman–Crippen MR) is 103 cm³/mol. The summed E-state index contributed by atoms with van der Waals surface area (Å²) in [6.07, 6.45) is 0.205. The third-order valence-electron chi connectivity index (χ3n) is 4.15. The summed E-state index contributed by atoms with van der Waals surface area (Å²) in [6.45, 7) is 10.2. The number of piperazine rings is 1. The number of carbonyl (C=O) groups is 2. The fourth-order valence-electron chi connectivity index (χ4n) is 2.77. The van der Waals surface area contributed by atoms with Crippen molar-refractivity contribution in [3.8, 4) is 0 Å². The van der Waals surface area contributed by atoms with Gasteiger partial charge in [0.1, 0.15) is 12.2 Å². The van der Waals surface area contributed by atoms with Crippen LogP contribution in [-0.4, -0.2) is 66.9 Å². The highest BCUT2D eigenvalue weighted by atomic mass is 16.6. The molecular formula is C20H31N3O4. The number of hydrogen-bond acceptors (Lipinski definition) is 5. The molecule has 0 saturated carbocycles. The van der Waals surface area contributed by atoms with E-state index < -0.39 is 5.60 Å². The van der Waals surface area contributed by atoms with Gasteiger partial charge in [-0.1, -0.05) is 30.3 Å². The first-order valence-electron chi connectivity index (χ1n) is 9.48. The van der Waals surface area contributed by atoms with Gasteiger partial charge in [-0.3, -0.25) is 4.90 Å². The van der Waals surface area contributed by atoms with Crippen molar-refractivity contribution in [2.24, 2.45) is 0 Å². The minimum absolute atomic E-state index is 0.259. The molecule has 1 aliphatic heterocycles. The van der Waals surface area contributed by atoms with E-state index in [9.17, 15) is 9.59 Å². The summed E-state index contributed by atoms with van der Waals surface area (Å²) in [4.78, 5) is 27.8. The lowest BCUT2D eigenvalue weighted by Crippen LogP contribution is -2.49. The van der Waals surface area contributed by atoms with Crippen LogP contribution < -0.4 is 5.32 Å². The number of alkyl carbamates (subject to hydrolysis) is 1. The molecule has 7 nitrogen and oxygen atoms in total. The third-order valence-corrected chi connectivity index (χ3v) is 4.15. The fraction of sp³-hybridized carbons (Fsp3) is 0.600. The molecule has 7 heteroatoms. The molecule has 0 radical (unpaired) electrons. The average molecular weight is 377 g/mol. The maximum absolute atomic E-state index is 12.2. The second-order valence-corrected chi connectivity index (χ2v) is 7.65. The van der Waals surface area contributed by atoms with E-state index in [1.165, 1.54) is 0 Å². The second-order valence-electron chi connectivity index (χ2n) is 7.65. The standard InChI is InChI=1S/C20H31N3O4/c1-20(2,3)27-18(24)21-10-7-11-22-12-14-23(15-13-22)19(25)26-16-17-8-5-4-6-9-17/h4-6,8-9H,7,10-16H2,1-3H3,(H,21,24). The largest absolute Gasteiger partial charge is 0.445 e. The number of nitrogens with one attached hydrogen (secondary N) is 1. The van der Waals surface area contributed by atoms with Crippen molar-refractivity contribution in [1.29, 1.82) is 0 Å². The van der Waals surface area contributed by atoms with Gasteiger partial charge < -0.3 is 19.7 Å². The van der Waals surface area contributed by atoms with Gasteiger partial charge in [0, 0.05) is 32.7 Å². The van der Waals surface area contributed by atoms with Crippen LogP contribution in [0.25, 0.3) is 0 Å². The Morgan fingerprint density at radius 1 is 1.07 bits per heavy atom. The number of nitrogens with zero attached hydrogens (tertiary/aromatic N) is 2. The molecule has 0 atom stereocenters. The topological polar surface area (TPSA) is 71.1 Å². The molecule has 0 spiro atoms. The lowest BCUT2D eigenvalue weighted by Gasteiger charge is -2.34. The van der Waals surface area contributed by atoms with Gasteiger partial charge in [-0.25, -0.2) is 9.59 Å². The molecular weight excluding hydrogens is 346 g/mol. The number of carbonyl (C=O) groups excluding carboxylic acids is 2. The Labute approximate surface area is 161 Å². The molecule has 1 N–H and O–H groups in total. The van der Waals surface area contributed by atoms with Crippen LogP contribution in [0.5, 0.6) is 0 Å². The highest BCUT2D eigenvalue weighted by Gasteiger charge is 2.22. The molecule has 1 heterocycles. The van der Waals surface area contributed by atoms with Crippen molar-refractivity contribution in [3.63, 3.8) is 0 Å². The van der Waals surface area contributed by atoms with Gasteiger partial charge in [0.25, 0.3) is 0 Å². The van der Waals surface area contributed by atoms with E-state index in [0.717, 1.165) is 31.6 Å². The summed E-state index contributed by atoms with van der Waals surface area (Å²) in [5.41, 5.74) is 0.511. The van der Waals surface area contributed by atoms with Gasteiger partial charge in [-0.15, -0.1) is 0 Å².